The van der Waals surface area contributed by atoms with Crippen LogP contribution in [0.3, 0.4) is 0 Å². The van der Waals surface area contributed by atoms with Crippen LogP contribution in [0.5, 0.6) is 5.88 Å². The predicted octanol–water partition coefficient (Wildman–Crippen LogP) is 2.45. The van der Waals surface area contributed by atoms with Crippen molar-refractivity contribution in [2.45, 2.75) is 13.3 Å². The quantitative estimate of drug-likeness (QED) is 0.876. The molecular formula is C14H17N3O. The van der Waals surface area contributed by atoms with Crippen LogP contribution in [0.2, 0.25) is 0 Å². The Morgan fingerprint density at radius 3 is 2.89 bits per heavy atom. The molecule has 4 heteroatoms. The summed E-state index contributed by atoms with van der Waals surface area (Å²) in [7, 11) is 1.60. The first kappa shape index (κ1) is 12.4. The fourth-order valence-electron chi connectivity index (χ4n) is 1.75. The molecule has 1 aromatic heterocycles. The van der Waals surface area contributed by atoms with Crippen LogP contribution in [-0.4, -0.2) is 23.6 Å². The van der Waals surface area contributed by atoms with Crippen molar-refractivity contribution in [3.05, 3.63) is 47.8 Å². The zero-order valence-electron chi connectivity index (χ0n) is 10.7. The highest BCUT2D eigenvalue weighted by atomic mass is 16.5. The molecule has 0 aliphatic carbocycles. The van der Waals surface area contributed by atoms with Gasteiger partial charge < -0.3 is 10.1 Å². The summed E-state index contributed by atoms with van der Waals surface area (Å²) in [5.41, 5.74) is 2.61. The zero-order valence-corrected chi connectivity index (χ0v) is 10.7. The summed E-state index contributed by atoms with van der Waals surface area (Å²) < 4.78 is 5.04. The average Bonchev–Trinajstić information content (AvgIpc) is 2.39. The Morgan fingerprint density at radius 2 is 2.11 bits per heavy atom. The fourth-order valence-corrected chi connectivity index (χ4v) is 1.75. The maximum atomic E-state index is 5.04. The molecule has 1 heterocycles. The van der Waals surface area contributed by atoms with E-state index in [4.69, 9.17) is 4.74 Å². The number of nitrogens with zero attached hydrogens (tertiary/aromatic N) is 2. The third kappa shape index (κ3) is 3.45. The molecule has 0 aliphatic heterocycles. The molecule has 2 rings (SSSR count). The minimum atomic E-state index is 0.572. The number of aromatic nitrogens is 2. The van der Waals surface area contributed by atoms with E-state index in [0.29, 0.717) is 5.88 Å². The van der Waals surface area contributed by atoms with Gasteiger partial charge in [0.25, 0.3) is 0 Å². The van der Waals surface area contributed by atoms with Gasteiger partial charge in [-0.05, 0) is 18.9 Å². The van der Waals surface area contributed by atoms with Crippen LogP contribution < -0.4 is 10.1 Å². The highest BCUT2D eigenvalue weighted by Gasteiger charge is 1.98. The van der Waals surface area contributed by atoms with Gasteiger partial charge in [0, 0.05) is 12.6 Å². The molecule has 0 radical (unpaired) electrons. The lowest BCUT2D eigenvalue weighted by Crippen LogP contribution is -2.06. The van der Waals surface area contributed by atoms with E-state index in [9.17, 15) is 0 Å². The number of ether oxygens (including phenoxy) is 1. The van der Waals surface area contributed by atoms with Gasteiger partial charge in [0.1, 0.15) is 12.1 Å². The van der Waals surface area contributed by atoms with E-state index >= 15 is 0 Å². The van der Waals surface area contributed by atoms with Gasteiger partial charge in [-0.25, -0.2) is 9.97 Å². The largest absolute Gasteiger partial charge is 0.481 e. The number of aryl methyl sites for hydroxylation is 1. The van der Waals surface area contributed by atoms with E-state index in [2.05, 4.69) is 46.5 Å². The van der Waals surface area contributed by atoms with Crippen molar-refractivity contribution in [2.75, 3.05) is 19.0 Å². The molecule has 4 nitrogen and oxygen atoms in total. The van der Waals surface area contributed by atoms with Crippen molar-refractivity contribution in [3.63, 3.8) is 0 Å². The van der Waals surface area contributed by atoms with Crippen molar-refractivity contribution < 1.29 is 4.74 Å². The SMILES string of the molecule is COc1cc(NCCc2cccc(C)c2)ncn1. The van der Waals surface area contributed by atoms with E-state index in [1.165, 1.54) is 17.5 Å². The summed E-state index contributed by atoms with van der Waals surface area (Å²) in [6.07, 6.45) is 2.46. The number of nitrogens with one attached hydrogen (secondary N) is 1. The van der Waals surface area contributed by atoms with Crippen LogP contribution in [-0.2, 0) is 6.42 Å². The van der Waals surface area contributed by atoms with Gasteiger partial charge in [-0.15, -0.1) is 0 Å². The van der Waals surface area contributed by atoms with Crippen molar-refractivity contribution in [1.29, 1.82) is 0 Å². The van der Waals surface area contributed by atoms with Gasteiger partial charge in [-0.3, -0.25) is 0 Å². The number of hydrogen-bond donors (Lipinski definition) is 1. The zero-order chi connectivity index (χ0) is 12.8. The Morgan fingerprint density at radius 1 is 1.22 bits per heavy atom. The molecule has 0 unspecified atom stereocenters. The first-order valence-electron chi connectivity index (χ1n) is 5.93. The van der Waals surface area contributed by atoms with Crippen LogP contribution >= 0.6 is 0 Å². The van der Waals surface area contributed by atoms with Crippen molar-refractivity contribution in [2.24, 2.45) is 0 Å². The monoisotopic (exact) mass is 243 g/mol. The average molecular weight is 243 g/mol. The minimum Gasteiger partial charge on any atom is -0.481 e. The summed E-state index contributed by atoms with van der Waals surface area (Å²) in [6.45, 7) is 2.94. The molecule has 0 aliphatic rings. The van der Waals surface area contributed by atoms with Crippen molar-refractivity contribution >= 4 is 5.82 Å². The summed E-state index contributed by atoms with van der Waals surface area (Å²) in [5.74, 6) is 1.36. The van der Waals surface area contributed by atoms with Crippen LogP contribution in [0.25, 0.3) is 0 Å². The van der Waals surface area contributed by atoms with Crippen LogP contribution in [0.4, 0.5) is 5.82 Å². The van der Waals surface area contributed by atoms with Gasteiger partial charge in [0.2, 0.25) is 5.88 Å². The third-order valence-electron chi connectivity index (χ3n) is 2.65. The molecule has 0 saturated carbocycles. The first-order valence-corrected chi connectivity index (χ1v) is 5.93. The molecule has 0 atom stereocenters. The van der Waals surface area contributed by atoms with Crippen molar-refractivity contribution in [1.82, 2.24) is 9.97 Å². The number of benzene rings is 1. The number of anilines is 1. The van der Waals surface area contributed by atoms with E-state index in [-0.39, 0.29) is 0 Å². The number of methoxy groups -OCH3 is 1. The fraction of sp³-hybridized carbons (Fsp3) is 0.286. The number of hydrogen-bond acceptors (Lipinski definition) is 4. The molecule has 1 aromatic carbocycles. The Labute approximate surface area is 107 Å². The number of rotatable bonds is 5. The van der Waals surface area contributed by atoms with Gasteiger partial charge >= 0.3 is 0 Å². The van der Waals surface area contributed by atoms with E-state index in [0.717, 1.165) is 18.8 Å². The molecule has 2 aromatic rings. The van der Waals surface area contributed by atoms with Gasteiger partial charge in [-0.1, -0.05) is 29.8 Å². The van der Waals surface area contributed by atoms with E-state index in [1.807, 2.05) is 0 Å². The molecule has 94 valence electrons. The second-order valence-electron chi connectivity index (χ2n) is 4.11. The van der Waals surface area contributed by atoms with E-state index < -0.39 is 0 Å². The maximum absolute atomic E-state index is 5.04. The van der Waals surface area contributed by atoms with Gasteiger partial charge in [-0.2, -0.15) is 0 Å². The lowest BCUT2D eigenvalue weighted by atomic mass is 10.1. The minimum absolute atomic E-state index is 0.572. The summed E-state index contributed by atoms with van der Waals surface area (Å²) in [5, 5.41) is 3.26. The topological polar surface area (TPSA) is 47.0 Å². The molecule has 18 heavy (non-hydrogen) atoms. The van der Waals surface area contributed by atoms with Crippen LogP contribution in [0, 0.1) is 6.92 Å². The molecular weight excluding hydrogens is 226 g/mol. The maximum Gasteiger partial charge on any atom is 0.218 e. The second-order valence-corrected chi connectivity index (χ2v) is 4.11. The Hall–Kier alpha value is -2.10. The standard InChI is InChI=1S/C14H17N3O/c1-11-4-3-5-12(8-11)6-7-15-13-9-14(18-2)17-10-16-13/h3-5,8-10H,6-7H2,1-2H3,(H,15,16,17). The molecule has 0 amide bonds. The lowest BCUT2D eigenvalue weighted by Gasteiger charge is -2.07. The normalized spacial score (nSPS) is 10.1. The smallest absolute Gasteiger partial charge is 0.218 e. The molecule has 0 bridgehead atoms. The summed E-state index contributed by atoms with van der Waals surface area (Å²) in [4.78, 5) is 8.10. The molecule has 0 saturated heterocycles. The lowest BCUT2D eigenvalue weighted by molar-refractivity contribution is 0.397. The Kier molecular flexibility index (Phi) is 4.12. The highest BCUT2D eigenvalue weighted by molar-refractivity contribution is 5.37. The van der Waals surface area contributed by atoms with E-state index in [1.54, 1.807) is 13.2 Å². The molecule has 1 N–H and O–H groups in total. The van der Waals surface area contributed by atoms with Gasteiger partial charge in [0.05, 0.1) is 7.11 Å². The molecule has 0 fully saturated rings. The van der Waals surface area contributed by atoms with Crippen molar-refractivity contribution in [3.8, 4) is 5.88 Å². The van der Waals surface area contributed by atoms with Crippen LogP contribution in [0.1, 0.15) is 11.1 Å². The summed E-state index contributed by atoms with van der Waals surface area (Å²) in [6, 6.07) is 10.3. The predicted molar refractivity (Wildman–Crippen MR) is 72.0 cm³/mol. The Balaban J connectivity index is 1.88. The highest BCUT2D eigenvalue weighted by Crippen LogP contribution is 2.10. The third-order valence-corrected chi connectivity index (χ3v) is 2.65. The second kappa shape index (κ2) is 6.00. The van der Waals surface area contributed by atoms with Gasteiger partial charge in [0.15, 0.2) is 0 Å². The first-order chi connectivity index (χ1) is 8.78. The summed E-state index contributed by atoms with van der Waals surface area (Å²) >= 11 is 0. The Bertz CT molecular complexity index is 514. The molecule has 0 spiro atoms. The van der Waals surface area contributed by atoms with Crippen LogP contribution in [0.15, 0.2) is 36.7 Å².